The van der Waals surface area contributed by atoms with E-state index in [1.165, 1.54) is 44.3 Å². The molecule has 2 aliphatic rings. The SMILES string of the molecule is CC1CCNC1C1CCCCN1Cc1ccccc1. The Hall–Kier alpha value is -0.860. The highest BCUT2D eigenvalue weighted by molar-refractivity contribution is 5.15. The highest BCUT2D eigenvalue weighted by atomic mass is 15.2. The molecule has 0 amide bonds. The molecule has 3 rings (SSSR count). The van der Waals surface area contributed by atoms with Gasteiger partial charge in [-0.05, 0) is 43.8 Å². The fourth-order valence-electron chi connectivity index (χ4n) is 3.81. The molecule has 2 aliphatic heterocycles. The quantitative estimate of drug-likeness (QED) is 0.896. The molecule has 2 nitrogen and oxygen atoms in total. The van der Waals surface area contributed by atoms with Crippen molar-refractivity contribution in [2.45, 2.75) is 51.2 Å². The smallest absolute Gasteiger partial charge is 0.0255 e. The Labute approximate surface area is 117 Å². The van der Waals surface area contributed by atoms with E-state index in [9.17, 15) is 0 Å². The molecule has 1 aromatic carbocycles. The monoisotopic (exact) mass is 258 g/mol. The molecular weight excluding hydrogens is 232 g/mol. The minimum Gasteiger partial charge on any atom is -0.312 e. The highest BCUT2D eigenvalue weighted by Crippen LogP contribution is 2.28. The molecule has 2 heterocycles. The second-order valence-corrected chi connectivity index (χ2v) is 6.27. The van der Waals surface area contributed by atoms with Crippen LogP contribution in [0.5, 0.6) is 0 Å². The Bertz CT molecular complexity index is 390. The van der Waals surface area contributed by atoms with E-state index in [1.54, 1.807) is 0 Å². The summed E-state index contributed by atoms with van der Waals surface area (Å²) in [6.45, 7) is 6.02. The Balaban J connectivity index is 1.70. The van der Waals surface area contributed by atoms with Gasteiger partial charge in [0.1, 0.15) is 0 Å². The van der Waals surface area contributed by atoms with Crippen molar-refractivity contribution in [2.75, 3.05) is 13.1 Å². The van der Waals surface area contributed by atoms with Gasteiger partial charge >= 0.3 is 0 Å². The van der Waals surface area contributed by atoms with E-state index in [1.807, 2.05) is 0 Å². The van der Waals surface area contributed by atoms with Gasteiger partial charge in [0.25, 0.3) is 0 Å². The molecule has 0 aliphatic carbocycles. The zero-order valence-corrected chi connectivity index (χ0v) is 12.0. The lowest BCUT2D eigenvalue weighted by Gasteiger charge is -2.40. The van der Waals surface area contributed by atoms with Crippen LogP contribution in [0.2, 0.25) is 0 Å². The number of rotatable bonds is 3. The van der Waals surface area contributed by atoms with Gasteiger partial charge in [-0.3, -0.25) is 4.90 Å². The largest absolute Gasteiger partial charge is 0.312 e. The summed E-state index contributed by atoms with van der Waals surface area (Å²) in [6, 6.07) is 12.4. The third-order valence-electron chi connectivity index (χ3n) is 4.90. The van der Waals surface area contributed by atoms with E-state index < -0.39 is 0 Å². The normalized spacial score (nSPS) is 32.6. The van der Waals surface area contributed by atoms with E-state index >= 15 is 0 Å². The molecule has 1 aromatic rings. The van der Waals surface area contributed by atoms with Gasteiger partial charge < -0.3 is 5.32 Å². The van der Waals surface area contributed by atoms with Gasteiger partial charge in [0.05, 0.1) is 0 Å². The van der Waals surface area contributed by atoms with Crippen LogP contribution in [0, 0.1) is 5.92 Å². The van der Waals surface area contributed by atoms with Crippen LogP contribution in [0.1, 0.15) is 38.2 Å². The van der Waals surface area contributed by atoms with Crippen LogP contribution in [-0.4, -0.2) is 30.1 Å². The number of piperidine rings is 1. The topological polar surface area (TPSA) is 15.3 Å². The van der Waals surface area contributed by atoms with Gasteiger partial charge in [-0.25, -0.2) is 0 Å². The lowest BCUT2D eigenvalue weighted by atomic mass is 9.89. The number of hydrogen-bond donors (Lipinski definition) is 1. The van der Waals surface area contributed by atoms with E-state index in [0.29, 0.717) is 6.04 Å². The van der Waals surface area contributed by atoms with Crippen molar-refractivity contribution in [2.24, 2.45) is 5.92 Å². The van der Waals surface area contributed by atoms with Crippen LogP contribution in [0.15, 0.2) is 30.3 Å². The van der Waals surface area contributed by atoms with Gasteiger partial charge in [0, 0.05) is 18.6 Å². The highest BCUT2D eigenvalue weighted by Gasteiger charge is 2.35. The van der Waals surface area contributed by atoms with Crippen molar-refractivity contribution < 1.29 is 0 Å². The minimum atomic E-state index is 0.712. The molecule has 0 saturated carbocycles. The minimum absolute atomic E-state index is 0.712. The van der Waals surface area contributed by atoms with E-state index in [-0.39, 0.29) is 0 Å². The van der Waals surface area contributed by atoms with Gasteiger partial charge in [-0.15, -0.1) is 0 Å². The van der Waals surface area contributed by atoms with E-state index in [4.69, 9.17) is 0 Å². The molecule has 0 bridgehead atoms. The molecule has 0 aromatic heterocycles. The number of likely N-dealkylation sites (tertiary alicyclic amines) is 1. The van der Waals surface area contributed by atoms with Crippen molar-refractivity contribution in [1.29, 1.82) is 0 Å². The molecule has 2 saturated heterocycles. The molecule has 2 fully saturated rings. The lowest BCUT2D eigenvalue weighted by molar-refractivity contribution is 0.101. The van der Waals surface area contributed by atoms with Crippen molar-refractivity contribution in [3.05, 3.63) is 35.9 Å². The zero-order valence-electron chi connectivity index (χ0n) is 12.0. The van der Waals surface area contributed by atoms with Gasteiger partial charge in [-0.1, -0.05) is 43.7 Å². The third kappa shape index (κ3) is 3.01. The molecule has 1 N–H and O–H groups in total. The maximum absolute atomic E-state index is 3.75. The van der Waals surface area contributed by atoms with Crippen LogP contribution < -0.4 is 5.32 Å². The first-order chi connectivity index (χ1) is 9.34. The standard InChI is InChI=1S/C17H26N2/c1-14-10-11-18-17(14)16-9-5-6-12-19(16)13-15-7-3-2-4-8-15/h2-4,7-8,14,16-18H,5-6,9-13H2,1H3. The predicted molar refractivity (Wildman–Crippen MR) is 80.1 cm³/mol. The summed E-state index contributed by atoms with van der Waals surface area (Å²) in [5, 5.41) is 3.75. The van der Waals surface area contributed by atoms with Crippen LogP contribution in [0.4, 0.5) is 0 Å². The van der Waals surface area contributed by atoms with Crippen LogP contribution in [-0.2, 0) is 6.54 Å². The van der Waals surface area contributed by atoms with Crippen molar-refractivity contribution in [3.63, 3.8) is 0 Å². The maximum Gasteiger partial charge on any atom is 0.0255 e. The fourth-order valence-corrected chi connectivity index (χ4v) is 3.81. The Morgan fingerprint density at radius 1 is 1.16 bits per heavy atom. The Morgan fingerprint density at radius 2 is 2.00 bits per heavy atom. The summed E-state index contributed by atoms with van der Waals surface area (Å²) in [5.41, 5.74) is 1.46. The number of nitrogens with one attached hydrogen (secondary N) is 1. The number of benzene rings is 1. The van der Waals surface area contributed by atoms with Gasteiger partial charge in [0.2, 0.25) is 0 Å². The summed E-state index contributed by atoms with van der Waals surface area (Å²) >= 11 is 0. The molecule has 2 heteroatoms. The van der Waals surface area contributed by atoms with E-state index in [0.717, 1.165) is 18.5 Å². The van der Waals surface area contributed by atoms with Gasteiger partial charge in [-0.2, -0.15) is 0 Å². The molecule has 0 spiro atoms. The maximum atomic E-state index is 3.75. The Morgan fingerprint density at radius 3 is 2.74 bits per heavy atom. The molecule has 3 atom stereocenters. The van der Waals surface area contributed by atoms with Crippen LogP contribution >= 0.6 is 0 Å². The summed E-state index contributed by atoms with van der Waals surface area (Å²) in [6.07, 6.45) is 5.49. The first-order valence-electron chi connectivity index (χ1n) is 7.86. The number of nitrogens with zero attached hydrogens (tertiary/aromatic N) is 1. The second-order valence-electron chi connectivity index (χ2n) is 6.27. The van der Waals surface area contributed by atoms with Crippen molar-refractivity contribution in [1.82, 2.24) is 10.2 Å². The van der Waals surface area contributed by atoms with Gasteiger partial charge in [0.15, 0.2) is 0 Å². The fraction of sp³-hybridized carbons (Fsp3) is 0.647. The van der Waals surface area contributed by atoms with Crippen LogP contribution in [0.25, 0.3) is 0 Å². The Kier molecular flexibility index (Phi) is 4.19. The lowest BCUT2D eigenvalue weighted by Crippen LogP contribution is -2.51. The molecular formula is C17H26N2. The third-order valence-corrected chi connectivity index (χ3v) is 4.90. The second kappa shape index (κ2) is 6.06. The predicted octanol–water partition coefficient (Wildman–Crippen LogP) is 3.04. The average molecular weight is 258 g/mol. The average Bonchev–Trinajstić information content (AvgIpc) is 2.87. The molecule has 3 unspecified atom stereocenters. The summed E-state index contributed by atoms with van der Waals surface area (Å²) in [5.74, 6) is 0.835. The van der Waals surface area contributed by atoms with Crippen molar-refractivity contribution in [3.8, 4) is 0 Å². The van der Waals surface area contributed by atoms with E-state index in [2.05, 4.69) is 47.5 Å². The summed E-state index contributed by atoms with van der Waals surface area (Å²) in [7, 11) is 0. The number of hydrogen-bond acceptors (Lipinski definition) is 2. The molecule has 104 valence electrons. The zero-order chi connectivity index (χ0) is 13.1. The molecule has 19 heavy (non-hydrogen) atoms. The van der Waals surface area contributed by atoms with Crippen molar-refractivity contribution >= 4 is 0 Å². The van der Waals surface area contributed by atoms with Crippen LogP contribution in [0.3, 0.4) is 0 Å². The summed E-state index contributed by atoms with van der Waals surface area (Å²) in [4.78, 5) is 2.72. The first kappa shape index (κ1) is 13.1. The molecule has 0 radical (unpaired) electrons. The first-order valence-corrected chi connectivity index (χ1v) is 7.86. The summed E-state index contributed by atoms with van der Waals surface area (Å²) < 4.78 is 0.